The van der Waals surface area contributed by atoms with Crippen LogP contribution in [0.2, 0.25) is 5.02 Å². The van der Waals surface area contributed by atoms with E-state index in [1.54, 1.807) is 18.3 Å². The van der Waals surface area contributed by atoms with Crippen molar-refractivity contribution in [3.05, 3.63) is 99.9 Å². The minimum Gasteiger partial charge on any atom is -0.360 e. The van der Waals surface area contributed by atoms with Crippen molar-refractivity contribution >= 4 is 23.2 Å². The number of hydrogen-bond acceptors (Lipinski definition) is 4. The standard InChI is InChI=1S/C25H22ClFN4O2/c1-25(16-6-3-2-4-7-16)11-10-22-18(12-25)23(30-33-22)24(32)29-17-13-28-31(14-17)15-19-20(26)8-5-9-21(19)27/h2-9,13-14H,10-12,15H2,1H3,(H,29,32). The molecular weight excluding hydrogens is 443 g/mol. The maximum atomic E-state index is 14.1. The lowest BCUT2D eigenvalue weighted by Crippen LogP contribution is -2.31. The second-order valence-electron chi connectivity index (χ2n) is 8.62. The highest BCUT2D eigenvalue weighted by atomic mass is 35.5. The molecule has 1 unspecified atom stereocenters. The Morgan fingerprint density at radius 1 is 1.24 bits per heavy atom. The second kappa shape index (κ2) is 8.48. The molecule has 0 fully saturated rings. The first-order valence-electron chi connectivity index (χ1n) is 10.7. The minimum absolute atomic E-state index is 0.0985. The van der Waals surface area contributed by atoms with Gasteiger partial charge in [0.2, 0.25) is 0 Å². The van der Waals surface area contributed by atoms with E-state index < -0.39 is 5.82 Å². The molecular formula is C25H22ClFN4O2. The highest BCUT2D eigenvalue weighted by Gasteiger charge is 2.37. The average molecular weight is 465 g/mol. The van der Waals surface area contributed by atoms with Crippen LogP contribution < -0.4 is 5.32 Å². The Bertz CT molecular complexity index is 1300. The lowest BCUT2D eigenvalue weighted by Gasteiger charge is -2.33. The number of aryl methyl sites for hydroxylation is 1. The van der Waals surface area contributed by atoms with E-state index in [-0.39, 0.29) is 23.6 Å². The zero-order valence-corrected chi connectivity index (χ0v) is 18.8. The summed E-state index contributed by atoms with van der Waals surface area (Å²) in [4.78, 5) is 13.0. The second-order valence-corrected chi connectivity index (χ2v) is 9.02. The van der Waals surface area contributed by atoms with Gasteiger partial charge in [-0.1, -0.05) is 60.1 Å². The number of aromatic nitrogens is 3. The van der Waals surface area contributed by atoms with Crippen molar-refractivity contribution in [2.45, 2.75) is 38.1 Å². The lowest BCUT2D eigenvalue weighted by molar-refractivity contribution is 0.101. The smallest absolute Gasteiger partial charge is 0.278 e. The van der Waals surface area contributed by atoms with Crippen LogP contribution in [-0.4, -0.2) is 20.8 Å². The molecule has 8 heteroatoms. The third-order valence-corrected chi connectivity index (χ3v) is 6.65. The molecule has 168 valence electrons. The molecule has 1 amide bonds. The molecule has 33 heavy (non-hydrogen) atoms. The third-order valence-electron chi connectivity index (χ3n) is 6.30. The number of benzene rings is 2. The van der Waals surface area contributed by atoms with Gasteiger partial charge in [0.15, 0.2) is 5.69 Å². The third kappa shape index (κ3) is 4.16. The Kier molecular flexibility index (Phi) is 5.50. The summed E-state index contributed by atoms with van der Waals surface area (Å²) >= 11 is 6.10. The van der Waals surface area contributed by atoms with Crippen LogP contribution in [0, 0.1) is 5.82 Å². The number of carbonyl (C=O) groups excluding carboxylic acids is 1. The van der Waals surface area contributed by atoms with Gasteiger partial charge in [0.05, 0.1) is 18.4 Å². The van der Waals surface area contributed by atoms with Gasteiger partial charge >= 0.3 is 0 Å². The fourth-order valence-electron chi connectivity index (χ4n) is 4.41. The highest BCUT2D eigenvalue weighted by molar-refractivity contribution is 6.31. The Labute approximate surface area is 195 Å². The summed E-state index contributed by atoms with van der Waals surface area (Å²) in [6.45, 7) is 2.36. The van der Waals surface area contributed by atoms with Crippen molar-refractivity contribution in [2.75, 3.05) is 5.32 Å². The van der Waals surface area contributed by atoms with Gasteiger partial charge in [-0.2, -0.15) is 5.10 Å². The molecule has 0 saturated carbocycles. The van der Waals surface area contributed by atoms with E-state index in [0.29, 0.717) is 22.7 Å². The quantitative estimate of drug-likeness (QED) is 0.428. The van der Waals surface area contributed by atoms with E-state index in [1.807, 2.05) is 18.2 Å². The molecule has 1 atom stereocenters. The van der Waals surface area contributed by atoms with Crippen LogP contribution in [0.3, 0.4) is 0 Å². The van der Waals surface area contributed by atoms with Crippen molar-refractivity contribution in [1.82, 2.24) is 14.9 Å². The molecule has 1 N–H and O–H groups in total. The van der Waals surface area contributed by atoms with E-state index in [2.05, 4.69) is 34.6 Å². The predicted molar refractivity (Wildman–Crippen MR) is 123 cm³/mol. The summed E-state index contributed by atoms with van der Waals surface area (Å²) in [6, 6.07) is 14.8. The summed E-state index contributed by atoms with van der Waals surface area (Å²) in [5, 5.41) is 11.4. The molecule has 1 aliphatic carbocycles. The molecule has 0 saturated heterocycles. The van der Waals surface area contributed by atoms with Gasteiger partial charge < -0.3 is 9.84 Å². The molecule has 4 aromatic rings. The van der Waals surface area contributed by atoms with Gasteiger partial charge in [0, 0.05) is 28.8 Å². The van der Waals surface area contributed by atoms with Gasteiger partial charge in [0.1, 0.15) is 11.6 Å². The maximum Gasteiger partial charge on any atom is 0.278 e. The summed E-state index contributed by atoms with van der Waals surface area (Å²) in [5.41, 5.74) is 3.08. The normalized spacial score (nSPS) is 17.5. The van der Waals surface area contributed by atoms with Crippen LogP contribution in [0.1, 0.15) is 46.3 Å². The Morgan fingerprint density at radius 2 is 2.06 bits per heavy atom. The highest BCUT2D eigenvalue weighted by Crippen LogP contribution is 2.39. The van der Waals surface area contributed by atoms with E-state index in [0.717, 1.165) is 24.2 Å². The van der Waals surface area contributed by atoms with Crippen molar-refractivity contribution in [2.24, 2.45) is 0 Å². The number of anilines is 1. The summed E-state index contributed by atoms with van der Waals surface area (Å²) < 4.78 is 21.1. The van der Waals surface area contributed by atoms with Gasteiger partial charge in [-0.3, -0.25) is 9.48 Å². The van der Waals surface area contributed by atoms with Crippen LogP contribution in [0.4, 0.5) is 10.1 Å². The topological polar surface area (TPSA) is 73.0 Å². The van der Waals surface area contributed by atoms with Crippen molar-refractivity contribution in [3.63, 3.8) is 0 Å². The monoisotopic (exact) mass is 464 g/mol. The Hall–Kier alpha value is -3.45. The van der Waals surface area contributed by atoms with Crippen LogP contribution in [0.25, 0.3) is 0 Å². The zero-order valence-electron chi connectivity index (χ0n) is 18.0. The largest absolute Gasteiger partial charge is 0.360 e. The van der Waals surface area contributed by atoms with Crippen LogP contribution >= 0.6 is 11.6 Å². The van der Waals surface area contributed by atoms with E-state index >= 15 is 0 Å². The predicted octanol–water partition coefficient (Wildman–Crippen LogP) is 5.41. The first-order valence-corrected chi connectivity index (χ1v) is 11.1. The first kappa shape index (κ1) is 21.4. The summed E-state index contributed by atoms with van der Waals surface area (Å²) in [7, 11) is 0. The SMILES string of the molecule is CC1(c2ccccc2)CCc2onc(C(=O)Nc3cnn(Cc4c(F)cccc4Cl)c3)c2C1. The number of halogens is 2. The average Bonchev–Trinajstić information content (AvgIpc) is 3.43. The van der Waals surface area contributed by atoms with Gasteiger partial charge in [-0.05, 0) is 36.0 Å². The molecule has 6 nitrogen and oxygen atoms in total. The van der Waals surface area contributed by atoms with Crippen LogP contribution in [0.5, 0.6) is 0 Å². The lowest BCUT2D eigenvalue weighted by atomic mass is 9.70. The van der Waals surface area contributed by atoms with E-state index in [4.69, 9.17) is 16.1 Å². The van der Waals surface area contributed by atoms with Crippen molar-refractivity contribution in [3.8, 4) is 0 Å². The fraction of sp³-hybridized carbons (Fsp3) is 0.240. The fourth-order valence-corrected chi connectivity index (χ4v) is 4.63. The van der Waals surface area contributed by atoms with E-state index in [1.165, 1.54) is 22.5 Å². The molecule has 1 aliphatic rings. The number of nitrogens with zero attached hydrogens (tertiary/aromatic N) is 3. The van der Waals surface area contributed by atoms with Gasteiger partial charge in [0.25, 0.3) is 5.91 Å². The van der Waals surface area contributed by atoms with Crippen molar-refractivity contribution in [1.29, 1.82) is 0 Å². The molecule has 0 aliphatic heterocycles. The molecule has 5 rings (SSSR count). The van der Waals surface area contributed by atoms with Gasteiger partial charge in [-0.25, -0.2) is 4.39 Å². The zero-order chi connectivity index (χ0) is 23.0. The first-order chi connectivity index (χ1) is 15.9. The molecule has 2 heterocycles. The Morgan fingerprint density at radius 3 is 2.85 bits per heavy atom. The number of rotatable bonds is 5. The van der Waals surface area contributed by atoms with Gasteiger partial charge in [-0.15, -0.1) is 0 Å². The summed E-state index contributed by atoms with van der Waals surface area (Å²) in [5.74, 6) is -0.00138. The summed E-state index contributed by atoms with van der Waals surface area (Å²) in [6.07, 6.45) is 5.45. The maximum absolute atomic E-state index is 14.1. The van der Waals surface area contributed by atoms with E-state index in [9.17, 15) is 9.18 Å². The molecule has 0 bridgehead atoms. The minimum atomic E-state index is -0.403. The van der Waals surface area contributed by atoms with Crippen LogP contribution in [-0.2, 0) is 24.8 Å². The Balaban J connectivity index is 1.33. The molecule has 0 spiro atoms. The van der Waals surface area contributed by atoms with Crippen LogP contribution in [0.15, 0.2) is 65.4 Å². The molecule has 2 aromatic heterocycles. The molecule has 2 aromatic carbocycles. The molecule has 0 radical (unpaired) electrons. The number of carbonyl (C=O) groups is 1. The number of nitrogens with one attached hydrogen (secondary N) is 1. The number of hydrogen-bond donors (Lipinski definition) is 1. The number of amides is 1. The number of fused-ring (bicyclic) bond motifs is 1. The van der Waals surface area contributed by atoms with Crippen molar-refractivity contribution < 1.29 is 13.7 Å².